The zero-order valence-corrected chi connectivity index (χ0v) is 11.4. The van der Waals surface area contributed by atoms with Crippen LogP contribution in [0.1, 0.15) is 6.92 Å². The van der Waals surface area contributed by atoms with Crippen molar-refractivity contribution in [2.24, 2.45) is 0 Å². The maximum Gasteiger partial charge on any atom is 0.151 e. The van der Waals surface area contributed by atoms with Crippen molar-refractivity contribution in [1.29, 1.82) is 0 Å². The minimum absolute atomic E-state index is 0.180. The van der Waals surface area contributed by atoms with Crippen LogP contribution in [0.15, 0.2) is 30.5 Å². The molecule has 98 valence electrons. The highest BCUT2D eigenvalue weighted by atomic mass is 32.2. The fraction of sp³-hybridized carbons (Fsp3) is 0.385. The molecule has 0 aliphatic heterocycles. The summed E-state index contributed by atoms with van der Waals surface area (Å²) < 4.78 is 30.1. The smallest absolute Gasteiger partial charge is 0.151 e. The van der Waals surface area contributed by atoms with E-state index in [1.165, 1.54) is 0 Å². The first-order valence-electron chi connectivity index (χ1n) is 5.89. The third-order valence-corrected chi connectivity index (χ3v) is 4.75. The van der Waals surface area contributed by atoms with E-state index in [0.29, 0.717) is 6.54 Å². The third-order valence-electron chi connectivity index (χ3n) is 3.06. The van der Waals surface area contributed by atoms with Gasteiger partial charge in [0.2, 0.25) is 0 Å². The second-order valence-corrected chi connectivity index (χ2v) is 6.64. The number of hydrogen-bond acceptors (Lipinski definition) is 3. The van der Waals surface area contributed by atoms with Crippen molar-refractivity contribution in [3.63, 3.8) is 0 Å². The molecule has 1 aromatic carbocycles. The highest BCUT2D eigenvalue weighted by molar-refractivity contribution is 7.91. The molecule has 0 amide bonds. The van der Waals surface area contributed by atoms with Gasteiger partial charge in [0.15, 0.2) is 9.84 Å². The molecule has 1 aromatic heterocycles. The van der Waals surface area contributed by atoms with E-state index in [2.05, 4.69) is 0 Å². The average Bonchev–Trinajstić information content (AvgIpc) is 2.78. The lowest BCUT2D eigenvalue weighted by atomic mass is 10.2. The molecule has 0 aliphatic rings. The van der Waals surface area contributed by atoms with Crippen LogP contribution < -0.4 is 4.74 Å². The Labute approximate surface area is 107 Å². The highest BCUT2D eigenvalue weighted by Crippen LogP contribution is 2.21. The number of fused-ring (bicyclic) bond motifs is 1. The van der Waals surface area contributed by atoms with Crippen LogP contribution in [-0.4, -0.2) is 31.6 Å². The van der Waals surface area contributed by atoms with E-state index in [9.17, 15) is 8.42 Å². The van der Waals surface area contributed by atoms with Crippen molar-refractivity contribution >= 4 is 20.7 Å². The molecule has 18 heavy (non-hydrogen) atoms. The van der Waals surface area contributed by atoms with Gasteiger partial charge in [0.05, 0.1) is 12.9 Å². The summed E-state index contributed by atoms with van der Waals surface area (Å²) in [5.41, 5.74) is 1.03. The predicted octanol–water partition coefficient (Wildman–Crippen LogP) is 2.08. The summed E-state index contributed by atoms with van der Waals surface area (Å²) in [4.78, 5) is 0. The molecule has 1 heterocycles. The first-order chi connectivity index (χ1) is 8.55. The predicted molar refractivity (Wildman–Crippen MR) is 72.8 cm³/mol. The maximum absolute atomic E-state index is 11.5. The second-order valence-electron chi connectivity index (χ2n) is 4.17. The van der Waals surface area contributed by atoms with E-state index < -0.39 is 9.84 Å². The molecule has 0 fully saturated rings. The number of rotatable bonds is 5. The summed E-state index contributed by atoms with van der Waals surface area (Å²) >= 11 is 0. The number of benzene rings is 1. The maximum atomic E-state index is 11.5. The Bertz CT molecular complexity index is 643. The topological polar surface area (TPSA) is 48.3 Å². The molecule has 0 spiro atoms. The van der Waals surface area contributed by atoms with Gasteiger partial charge in [-0.3, -0.25) is 0 Å². The Morgan fingerprint density at radius 2 is 2.06 bits per heavy atom. The minimum Gasteiger partial charge on any atom is -0.497 e. The number of aromatic nitrogens is 1. The number of methoxy groups -OCH3 is 1. The van der Waals surface area contributed by atoms with E-state index >= 15 is 0 Å². The molecule has 2 rings (SSSR count). The Kier molecular flexibility index (Phi) is 3.61. The van der Waals surface area contributed by atoms with Crippen molar-refractivity contribution in [1.82, 2.24) is 4.57 Å². The Morgan fingerprint density at radius 1 is 1.28 bits per heavy atom. The molecule has 0 saturated heterocycles. The van der Waals surface area contributed by atoms with Crippen LogP contribution in [0.25, 0.3) is 10.9 Å². The first-order valence-corrected chi connectivity index (χ1v) is 7.71. The van der Waals surface area contributed by atoms with Gasteiger partial charge >= 0.3 is 0 Å². The lowest BCUT2D eigenvalue weighted by Crippen LogP contribution is -2.14. The van der Waals surface area contributed by atoms with Crippen LogP contribution in [0, 0.1) is 0 Å². The fourth-order valence-corrected chi connectivity index (χ4v) is 2.65. The molecule has 5 heteroatoms. The molecule has 4 nitrogen and oxygen atoms in total. The van der Waals surface area contributed by atoms with Crippen LogP contribution in [0.3, 0.4) is 0 Å². The normalized spacial score (nSPS) is 11.9. The molecular weight excluding hydrogens is 250 g/mol. The van der Waals surface area contributed by atoms with E-state index in [-0.39, 0.29) is 11.5 Å². The summed E-state index contributed by atoms with van der Waals surface area (Å²) in [7, 11) is -1.29. The van der Waals surface area contributed by atoms with Crippen molar-refractivity contribution in [2.75, 3.05) is 18.6 Å². The molecule has 0 bridgehead atoms. The lowest BCUT2D eigenvalue weighted by molar-refractivity contribution is 0.415. The van der Waals surface area contributed by atoms with Gasteiger partial charge in [-0.05, 0) is 24.3 Å². The molecule has 0 unspecified atom stereocenters. The molecule has 0 N–H and O–H groups in total. The van der Waals surface area contributed by atoms with Gasteiger partial charge in [0.1, 0.15) is 5.75 Å². The molecule has 0 atom stereocenters. The summed E-state index contributed by atoms with van der Waals surface area (Å²) in [5, 5.41) is 1.06. The largest absolute Gasteiger partial charge is 0.497 e. The van der Waals surface area contributed by atoms with Gasteiger partial charge in [0.25, 0.3) is 0 Å². The highest BCUT2D eigenvalue weighted by Gasteiger charge is 2.09. The van der Waals surface area contributed by atoms with E-state index in [4.69, 9.17) is 4.74 Å². The number of sulfone groups is 1. The van der Waals surface area contributed by atoms with Crippen LogP contribution in [0.4, 0.5) is 0 Å². The second kappa shape index (κ2) is 5.02. The number of aryl methyl sites for hydroxylation is 1. The van der Waals surface area contributed by atoms with Crippen LogP contribution in [0.5, 0.6) is 5.75 Å². The van der Waals surface area contributed by atoms with Gasteiger partial charge in [0, 0.05) is 29.4 Å². The monoisotopic (exact) mass is 267 g/mol. The molecule has 2 aromatic rings. The minimum atomic E-state index is -2.92. The third kappa shape index (κ3) is 2.67. The van der Waals surface area contributed by atoms with Crippen molar-refractivity contribution in [3.8, 4) is 5.75 Å². The quantitative estimate of drug-likeness (QED) is 0.833. The van der Waals surface area contributed by atoms with E-state index in [1.54, 1.807) is 14.0 Å². The molecule has 0 aliphatic carbocycles. The Morgan fingerprint density at radius 3 is 2.72 bits per heavy atom. The summed E-state index contributed by atoms with van der Waals surface area (Å²) in [5.74, 6) is 1.18. The Hall–Kier alpha value is -1.49. The van der Waals surface area contributed by atoms with Crippen LogP contribution >= 0.6 is 0 Å². The summed E-state index contributed by atoms with van der Waals surface area (Å²) in [6.07, 6.45) is 1.91. The first kappa shape index (κ1) is 13.0. The van der Waals surface area contributed by atoms with Gasteiger partial charge in [-0.2, -0.15) is 0 Å². The Balaban J connectivity index is 2.25. The lowest BCUT2D eigenvalue weighted by Gasteiger charge is -2.06. The SMILES string of the molecule is CCS(=O)(=O)CCn1ccc2cc(OC)ccc21. The standard InChI is InChI=1S/C13H17NO3S/c1-3-18(15,16)9-8-14-7-6-11-10-12(17-2)4-5-13(11)14/h4-7,10H,3,8-9H2,1-2H3. The van der Waals surface area contributed by atoms with Gasteiger partial charge in [-0.15, -0.1) is 0 Å². The fourth-order valence-electron chi connectivity index (χ4n) is 1.88. The zero-order chi connectivity index (χ0) is 13.2. The number of ether oxygens (including phenoxy) is 1. The van der Waals surface area contributed by atoms with Crippen LogP contribution in [-0.2, 0) is 16.4 Å². The number of nitrogens with zero attached hydrogens (tertiary/aromatic N) is 1. The van der Waals surface area contributed by atoms with Gasteiger partial charge < -0.3 is 9.30 Å². The number of hydrogen-bond donors (Lipinski definition) is 0. The zero-order valence-electron chi connectivity index (χ0n) is 10.6. The van der Waals surface area contributed by atoms with Crippen LogP contribution in [0.2, 0.25) is 0 Å². The van der Waals surface area contributed by atoms with E-state index in [0.717, 1.165) is 16.7 Å². The molecule has 0 saturated carbocycles. The molecular formula is C13H17NO3S. The van der Waals surface area contributed by atoms with Crippen molar-refractivity contribution < 1.29 is 13.2 Å². The van der Waals surface area contributed by atoms with Gasteiger partial charge in [-0.1, -0.05) is 6.92 Å². The van der Waals surface area contributed by atoms with Gasteiger partial charge in [-0.25, -0.2) is 8.42 Å². The van der Waals surface area contributed by atoms with E-state index in [1.807, 2.05) is 35.0 Å². The average molecular weight is 267 g/mol. The summed E-state index contributed by atoms with van der Waals surface area (Å²) in [6.45, 7) is 2.17. The molecule has 0 radical (unpaired) electrons. The van der Waals surface area contributed by atoms with Crippen molar-refractivity contribution in [2.45, 2.75) is 13.5 Å². The summed E-state index contributed by atoms with van der Waals surface area (Å²) in [6, 6.07) is 7.75. The van der Waals surface area contributed by atoms with Crippen molar-refractivity contribution in [3.05, 3.63) is 30.5 Å².